The van der Waals surface area contributed by atoms with Crippen LogP contribution in [0.15, 0.2) is 0 Å². The molecule has 0 saturated carbocycles. The largest absolute Gasteiger partial charge is 0.467 e. The van der Waals surface area contributed by atoms with Crippen molar-refractivity contribution in [3.8, 4) is 36.1 Å². The zero-order valence-electron chi connectivity index (χ0n) is 12.1. The van der Waals surface area contributed by atoms with Crippen molar-refractivity contribution in [2.24, 2.45) is 0 Å². The standard InChI is InChI=1S/C10H12N6O6/c1-17-5-11-6(18-2)14-9(13-5)21-22-10-15-7(19-3)12-8(16-10)20-4/h1-4H3. The molecule has 0 aliphatic carbocycles. The summed E-state index contributed by atoms with van der Waals surface area (Å²) in [6.07, 6.45) is 0. The van der Waals surface area contributed by atoms with Crippen molar-refractivity contribution in [1.29, 1.82) is 0 Å². The van der Waals surface area contributed by atoms with Crippen molar-refractivity contribution in [2.45, 2.75) is 0 Å². The van der Waals surface area contributed by atoms with E-state index in [9.17, 15) is 0 Å². The van der Waals surface area contributed by atoms with E-state index < -0.39 is 0 Å². The van der Waals surface area contributed by atoms with Gasteiger partial charge in [-0.3, -0.25) is 0 Å². The Morgan fingerprint density at radius 3 is 0.864 bits per heavy atom. The first-order valence-corrected chi connectivity index (χ1v) is 5.71. The topological polar surface area (TPSA) is 133 Å². The van der Waals surface area contributed by atoms with E-state index >= 15 is 0 Å². The smallest absolute Gasteiger partial charge is 0.376 e. The highest BCUT2D eigenvalue weighted by molar-refractivity contribution is 5.10. The third-order valence-electron chi connectivity index (χ3n) is 2.07. The Balaban J connectivity index is 2.15. The molecule has 12 nitrogen and oxygen atoms in total. The number of rotatable bonds is 7. The van der Waals surface area contributed by atoms with Crippen molar-refractivity contribution in [3.05, 3.63) is 0 Å². The molecule has 0 saturated heterocycles. The fourth-order valence-corrected chi connectivity index (χ4v) is 1.16. The number of hydrogen-bond donors (Lipinski definition) is 0. The average Bonchev–Trinajstić information content (AvgIpc) is 2.59. The average molecular weight is 312 g/mol. The van der Waals surface area contributed by atoms with Gasteiger partial charge in [0.1, 0.15) is 0 Å². The van der Waals surface area contributed by atoms with Gasteiger partial charge < -0.3 is 18.9 Å². The fourth-order valence-electron chi connectivity index (χ4n) is 1.16. The van der Waals surface area contributed by atoms with Gasteiger partial charge in [0.15, 0.2) is 0 Å². The first-order chi connectivity index (χ1) is 10.7. The van der Waals surface area contributed by atoms with Gasteiger partial charge in [-0.15, -0.1) is 29.9 Å². The molecule has 0 bridgehead atoms. The highest BCUT2D eigenvalue weighted by Crippen LogP contribution is 2.17. The summed E-state index contributed by atoms with van der Waals surface area (Å²) in [7, 11) is 5.50. The number of methoxy groups -OCH3 is 4. The molecule has 0 unspecified atom stereocenters. The maximum atomic E-state index is 4.89. The molecule has 22 heavy (non-hydrogen) atoms. The Labute approximate surface area is 124 Å². The van der Waals surface area contributed by atoms with Crippen molar-refractivity contribution < 1.29 is 28.7 Å². The second-order valence-corrected chi connectivity index (χ2v) is 3.35. The minimum atomic E-state index is -0.220. The van der Waals surface area contributed by atoms with Gasteiger partial charge in [-0.25, -0.2) is 9.78 Å². The molecule has 0 aromatic carbocycles. The quantitative estimate of drug-likeness (QED) is 0.480. The van der Waals surface area contributed by atoms with Crippen molar-refractivity contribution in [2.75, 3.05) is 28.4 Å². The zero-order chi connectivity index (χ0) is 15.9. The molecule has 0 spiro atoms. The molecule has 0 N–H and O–H groups in total. The van der Waals surface area contributed by atoms with Crippen LogP contribution in [0.4, 0.5) is 0 Å². The second-order valence-electron chi connectivity index (χ2n) is 3.35. The molecule has 118 valence electrons. The van der Waals surface area contributed by atoms with Crippen LogP contribution in [-0.4, -0.2) is 58.3 Å². The summed E-state index contributed by atoms with van der Waals surface area (Å²) in [6.45, 7) is 0. The molecule has 0 aliphatic rings. The molecule has 0 aliphatic heterocycles. The lowest BCUT2D eigenvalue weighted by Crippen LogP contribution is -2.10. The van der Waals surface area contributed by atoms with Gasteiger partial charge in [0.2, 0.25) is 0 Å². The van der Waals surface area contributed by atoms with Crippen LogP contribution >= 0.6 is 0 Å². The summed E-state index contributed by atoms with van der Waals surface area (Å²) < 4.78 is 19.5. The van der Waals surface area contributed by atoms with Crippen LogP contribution in [0.3, 0.4) is 0 Å². The Morgan fingerprint density at radius 2 is 0.636 bits per heavy atom. The zero-order valence-corrected chi connectivity index (χ0v) is 12.1. The van der Waals surface area contributed by atoms with Crippen LogP contribution < -0.4 is 28.7 Å². The molecular formula is C10H12N6O6. The monoisotopic (exact) mass is 312 g/mol. The van der Waals surface area contributed by atoms with Crippen molar-refractivity contribution in [3.63, 3.8) is 0 Å². The molecule has 0 atom stereocenters. The summed E-state index contributed by atoms with van der Waals surface area (Å²) in [5, 5.41) is 0. The predicted molar refractivity (Wildman–Crippen MR) is 67.1 cm³/mol. The van der Waals surface area contributed by atoms with Gasteiger partial charge in [0.25, 0.3) is 0 Å². The van der Waals surface area contributed by atoms with E-state index in [0.717, 1.165) is 0 Å². The summed E-state index contributed by atoms with van der Waals surface area (Å²) >= 11 is 0. The number of ether oxygens (including phenoxy) is 4. The third kappa shape index (κ3) is 3.68. The number of nitrogens with zero attached hydrogens (tertiary/aromatic N) is 6. The highest BCUT2D eigenvalue weighted by Gasteiger charge is 2.13. The molecule has 2 rings (SSSR count). The highest BCUT2D eigenvalue weighted by atomic mass is 17.2. The molecule has 0 amide bonds. The van der Waals surface area contributed by atoms with Crippen LogP contribution in [0.2, 0.25) is 0 Å². The van der Waals surface area contributed by atoms with E-state index in [-0.39, 0.29) is 36.1 Å². The van der Waals surface area contributed by atoms with Crippen molar-refractivity contribution in [1.82, 2.24) is 29.9 Å². The summed E-state index contributed by atoms with van der Waals surface area (Å²) in [4.78, 5) is 32.6. The lowest BCUT2D eigenvalue weighted by atomic mass is 10.9. The van der Waals surface area contributed by atoms with Gasteiger partial charge in [0.05, 0.1) is 28.4 Å². The van der Waals surface area contributed by atoms with Crippen LogP contribution in [0.5, 0.6) is 36.1 Å². The molecule has 2 aromatic heterocycles. The van der Waals surface area contributed by atoms with Crippen LogP contribution in [-0.2, 0) is 0 Å². The first-order valence-electron chi connectivity index (χ1n) is 5.71. The minimum absolute atomic E-state index is 0.0174. The molecule has 2 heterocycles. The molecule has 0 radical (unpaired) electrons. The van der Waals surface area contributed by atoms with Crippen LogP contribution in [0.1, 0.15) is 0 Å². The Kier molecular flexibility index (Phi) is 4.85. The Morgan fingerprint density at radius 1 is 0.409 bits per heavy atom. The van der Waals surface area contributed by atoms with Gasteiger partial charge in [-0.05, 0) is 0 Å². The third-order valence-corrected chi connectivity index (χ3v) is 2.07. The fraction of sp³-hybridized carbons (Fsp3) is 0.400. The van der Waals surface area contributed by atoms with Gasteiger partial charge in [-0.2, -0.15) is 0 Å². The van der Waals surface area contributed by atoms with Gasteiger partial charge >= 0.3 is 36.1 Å². The van der Waals surface area contributed by atoms with E-state index in [1.54, 1.807) is 0 Å². The van der Waals surface area contributed by atoms with Crippen LogP contribution in [0, 0.1) is 0 Å². The normalized spacial score (nSPS) is 9.82. The van der Waals surface area contributed by atoms with E-state index in [4.69, 9.17) is 28.7 Å². The maximum absolute atomic E-state index is 4.89. The second kappa shape index (κ2) is 7.01. The Hall–Kier alpha value is -3.18. The molecule has 2 aromatic rings. The van der Waals surface area contributed by atoms with E-state index in [1.165, 1.54) is 28.4 Å². The Bertz CT molecular complexity index is 541. The molecule has 12 heteroatoms. The lowest BCUT2D eigenvalue weighted by Gasteiger charge is -2.06. The minimum Gasteiger partial charge on any atom is -0.467 e. The molecular weight excluding hydrogens is 300 g/mol. The summed E-state index contributed by atoms with van der Waals surface area (Å²) in [6, 6.07) is -0.510. The lowest BCUT2D eigenvalue weighted by molar-refractivity contribution is -0.119. The summed E-state index contributed by atoms with van der Waals surface area (Å²) in [5.41, 5.74) is 0. The van der Waals surface area contributed by atoms with Crippen molar-refractivity contribution >= 4 is 0 Å². The summed E-state index contributed by atoms with van der Waals surface area (Å²) in [5.74, 6) is 0. The van der Waals surface area contributed by atoms with Gasteiger partial charge in [-0.1, -0.05) is 0 Å². The maximum Gasteiger partial charge on any atom is 0.376 e. The van der Waals surface area contributed by atoms with E-state index in [1.807, 2.05) is 0 Å². The van der Waals surface area contributed by atoms with E-state index in [0.29, 0.717) is 0 Å². The predicted octanol–water partition coefficient (Wildman–Crippen LogP) is -0.536. The van der Waals surface area contributed by atoms with Gasteiger partial charge in [0, 0.05) is 0 Å². The SMILES string of the molecule is COc1nc(OC)nc(OOc2nc(OC)nc(OC)n2)n1. The van der Waals surface area contributed by atoms with Crippen LogP contribution in [0.25, 0.3) is 0 Å². The number of aromatic nitrogens is 6. The molecule has 0 fully saturated rings. The number of hydrogen-bond acceptors (Lipinski definition) is 12. The van der Waals surface area contributed by atoms with E-state index in [2.05, 4.69) is 29.9 Å². The first kappa shape index (κ1) is 15.2.